The quantitative estimate of drug-likeness (QED) is 0.518. The number of hydrogen-bond acceptors (Lipinski definition) is 6. The Hall–Kier alpha value is -1.22. The number of sulfonamides is 1. The molecule has 1 aliphatic rings. The molecule has 1 aromatic rings. The summed E-state index contributed by atoms with van der Waals surface area (Å²) in [5.41, 5.74) is 2.59. The summed E-state index contributed by atoms with van der Waals surface area (Å²) in [6, 6.07) is 2.92. The minimum absolute atomic E-state index is 0.105. The highest BCUT2D eigenvalue weighted by Gasteiger charge is 2.30. The van der Waals surface area contributed by atoms with E-state index in [4.69, 9.17) is 10.6 Å². The van der Waals surface area contributed by atoms with Crippen LogP contribution in [0.1, 0.15) is 13.3 Å². The van der Waals surface area contributed by atoms with Gasteiger partial charge in [-0.25, -0.2) is 18.1 Å². The standard InChI is InChI=1S/C10H16N4O3S/c1-7-8(4-6-17-7)14-18(15,16)10-9(13-11)3-2-5-12-10/h2-3,5,7-8,13-14H,4,6,11H2,1H3. The third kappa shape index (κ3) is 2.61. The molecule has 18 heavy (non-hydrogen) atoms. The SMILES string of the molecule is CC1OCCC1NS(=O)(=O)c1ncccc1NN. The van der Waals surface area contributed by atoms with Crippen LogP contribution < -0.4 is 16.0 Å². The topological polar surface area (TPSA) is 106 Å². The van der Waals surface area contributed by atoms with Crippen LogP contribution in [0.3, 0.4) is 0 Å². The van der Waals surface area contributed by atoms with Gasteiger partial charge in [0.2, 0.25) is 0 Å². The van der Waals surface area contributed by atoms with Crippen molar-refractivity contribution in [1.82, 2.24) is 9.71 Å². The van der Waals surface area contributed by atoms with Gasteiger partial charge >= 0.3 is 0 Å². The number of aromatic nitrogens is 1. The summed E-state index contributed by atoms with van der Waals surface area (Å²) in [4.78, 5) is 3.85. The predicted molar refractivity (Wildman–Crippen MR) is 66.2 cm³/mol. The second-order valence-corrected chi connectivity index (χ2v) is 5.72. The Balaban J connectivity index is 2.25. The minimum Gasteiger partial charge on any atom is -0.377 e. The van der Waals surface area contributed by atoms with Gasteiger partial charge in [-0.1, -0.05) is 0 Å². The number of rotatable bonds is 4. The van der Waals surface area contributed by atoms with Gasteiger partial charge in [-0.15, -0.1) is 0 Å². The van der Waals surface area contributed by atoms with Crippen LogP contribution in [0, 0.1) is 0 Å². The summed E-state index contributed by atoms with van der Waals surface area (Å²) in [5.74, 6) is 5.28. The lowest BCUT2D eigenvalue weighted by Crippen LogP contribution is -2.39. The van der Waals surface area contributed by atoms with Gasteiger partial charge in [0.05, 0.1) is 17.8 Å². The summed E-state index contributed by atoms with van der Waals surface area (Å²) in [7, 11) is -3.70. The first kappa shape index (κ1) is 13.2. The number of nitrogens with two attached hydrogens (primary N) is 1. The van der Waals surface area contributed by atoms with E-state index >= 15 is 0 Å². The average molecular weight is 272 g/mol. The number of hydrazine groups is 1. The largest absolute Gasteiger partial charge is 0.377 e. The van der Waals surface area contributed by atoms with E-state index in [2.05, 4.69) is 15.1 Å². The maximum Gasteiger partial charge on any atom is 0.260 e. The fourth-order valence-corrected chi connectivity index (χ4v) is 3.29. The number of hydrogen-bond donors (Lipinski definition) is 3. The van der Waals surface area contributed by atoms with Crippen LogP contribution >= 0.6 is 0 Å². The normalized spacial score (nSPS) is 24.1. The molecule has 0 bridgehead atoms. The smallest absolute Gasteiger partial charge is 0.260 e. The van der Waals surface area contributed by atoms with Crippen LogP contribution in [0.25, 0.3) is 0 Å². The van der Waals surface area contributed by atoms with Crippen LogP contribution in [-0.2, 0) is 14.8 Å². The molecule has 0 spiro atoms. The van der Waals surface area contributed by atoms with Crippen LogP contribution in [0.5, 0.6) is 0 Å². The summed E-state index contributed by atoms with van der Waals surface area (Å²) >= 11 is 0. The lowest BCUT2D eigenvalue weighted by molar-refractivity contribution is 0.117. The molecule has 0 saturated carbocycles. The molecule has 0 aromatic carbocycles. The summed E-state index contributed by atoms with van der Waals surface area (Å²) in [5, 5.41) is -0.105. The molecule has 2 atom stereocenters. The minimum atomic E-state index is -3.70. The number of nitrogens with zero attached hydrogens (tertiary/aromatic N) is 1. The molecule has 1 saturated heterocycles. The number of ether oxygens (including phenoxy) is 1. The Morgan fingerprint density at radius 1 is 1.56 bits per heavy atom. The number of nitrogens with one attached hydrogen (secondary N) is 2. The van der Waals surface area contributed by atoms with Crippen LogP contribution in [0.15, 0.2) is 23.4 Å². The maximum atomic E-state index is 12.2. The first-order chi connectivity index (χ1) is 8.54. The molecule has 1 fully saturated rings. The third-order valence-electron chi connectivity index (χ3n) is 2.86. The molecule has 1 aromatic heterocycles. The Morgan fingerprint density at radius 3 is 2.94 bits per heavy atom. The van der Waals surface area contributed by atoms with Crippen LogP contribution in [0.2, 0.25) is 0 Å². The predicted octanol–water partition coefficient (Wildman–Crippen LogP) is -0.177. The highest BCUT2D eigenvalue weighted by atomic mass is 32.2. The van der Waals surface area contributed by atoms with Gasteiger partial charge in [-0.05, 0) is 25.5 Å². The first-order valence-electron chi connectivity index (χ1n) is 5.60. The van der Waals surface area contributed by atoms with Crippen molar-refractivity contribution < 1.29 is 13.2 Å². The molecule has 8 heteroatoms. The molecule has 2 heterocycles. The van der Waals surface area contributed by atoms with Crippen LogP contribution in [-0.4, -0.2) is 32.2 Å². The van der Waals surface area contributed by atoms with Gasteiger partial charge in [0.15, 0.2) is 5.03 Å². The first-order valence-corrected chi connectivity index (χ1v) is 7.08. The van der Waals surface area contributed by atoms with Gasteiger partial charge in [0.25, 0.3) is 10.0 Å². The van der Waals surface area contributed by atoms with E-state index in [1.54, 1.807) is 12.1 Å². The Labute approximate surface area is 106 Å². The molecular formula is C10H16N4O3S. The lowest BCUT2D eigenvalue weighted by atomic mass is 10.2. The second-order valence-electron chi connectivity index (χ2n) is 4.09. The van der Waals surface area contributed by atoms with E-state index in [1.807, 2.05) is 6.92 Å². The van der Waals surface area contributed by atoms with Gasteiger partial charge < -0.3 is 10.2 Å². The van der Waals surface area contributed by atoms with Crippen molar-refractivity contribution >= 4 is 15.7 Å². The van der Waals surface area contributed by atoms with Crippen molar-refractivity contribution in [2.45, 2.75) is 30.5 Å². The monoisotopic (exact) mass is 272 g/mol. The fourth-order valence-electron chi connectivity index (χ4n) is 1.86. The fraction of sp³-hybridized carbons (Fsp3) is 0.500. The van der Waals surface area contributed by atoms with Gasteiger partial charge in [0, 0.05) is 12.8 Å². The molecule has 1 aliphatic heterocycles. The van der Waals surface area contributed by atoms with Crippen molar-refractivity contribution in [3.05, 3.63) is 18.3 Å². The van der Waals surface area contributed by atoms with E-state index in [-0.39, 0.29) is 22.9 Å². The highest BCUT2D eigenvalue weighted by Crippen LogP contribution is 2.20. The summed E-state index contributed by atoms with van der Waals surface area (Å²) in [6.07, 6.45) is 1.92. The lowest BCUT2D eigenvalue weighted by Gasteiger charge is -2.16. The third-order valence-corrected chi connectivity index (χ3v) is 4.31. The average Bonchev–Trinajstić information content (AvgIpc) is 2.74. The highest BCUT2D eigenvalue weighted by molar-refractivity contribution is 7.89. The molecule has 2 unspecified atom stereocenters. The zero-order valence-corrected chi connectivity index (χ0v) is 10.8. The van der Waals surface area contributed by atoms with Crippen molar-refractivity contribution in [2.24, 2.45) is 5.84 Å². The molecule has 2 rings (SSSR count). The molecule has 0 aliphatic carbocycles. The van der Waals surface area contributed by atoms with E-state index < -0.39 is 10.0 Å². The van der Waals surface area contributed by atoms with Crippen LogP contribution in [0.4, 0.5) is 5.69 Å². The molecule has 7 nitrogen and oxygen atoms in total. The Morgan fingerprint density at radius 2 is 2.33 bits per heavy atom. The van der Waals surface area contributed by atoms with Crippen molar-refractivity contribution in [1.29, 1.82) is 0 Å². The second kappa shape index (κ2) is 5.19. The molecule has 0 radical (unpaired) electrons. The van der Waals surface area contributed by atoms with Gasteiger partial charge in [0.1, 0.15) is 0 Å². The van der Waals surface area contributed by atoms with E-state index in [1.165, 1.54) is 6.20 Å². The number of nitrogen functional groups attached to an aromatic ring is 1. The van der Waals surface area contributed by atoms with Crippen molar-refractivity contribution in [3.63, 3.8) is 0 Å². The molecule has 4 N–H and O–H groups in total. The zero-order chi connectivity index (χ0) is 13.2. The van der Waals surface area contributed by atoms with E-state index in [0.717, 1.165) is 0 Å². The molecular weight excluding hydrogens is 256 g/mol. The number of pyridine rings is 1. The molecule has 0 amide bonds. The number of anilines is 1. The summed E-state index contributed by atoms with van der Waals surface area (Å²) < 4.78 is 32.3. The Bertz CT molecular complexity index is 520. The van der Waals surface area contributed by atoms with Crippen molar-refractivity contribution in [3.8, 4) is 0 Å². The van der Waals surface area contributed by atoms with E-state index in [0.29, 0.717) is 13.0 Å². The van der Waals surface area contributed by atoms with Gasteiger partial charge in [-0.3, -0.25) is 5.84 Å². The zero-order valence-electron chi connectivity index (χ0n) is 9.96. The van der Waals surface area contributed by atoms with Gasteiger partial charge in [-0.2, -0.15) is 0 Å². The van der Waals surface area contributed by atoms with E-state index in [9.17, 15) is 8.42 Å². The summed E-state index contributed by atoms with van der Waals surface area (Å²) in [6.45, 7) is 2.39. The van der Waals surface area contributed by atoms with Crippen molar-refractivity contribution in [2.75, 3.05) is 12.0 Å². The maximum absolute atomic E-state index is 12.2. The molecule has 100 valence electrons. The Kier molecular flexibility index (Phi) is 3.81.